The normalized spacial score (nSPS) is 10.7. The molecule has 1 heterocycles. The minimum atomic E-state index is 0.321. The largest absolute Gasteiger partial charge is 0.368 e. The summed E-state index contributed by atoms with van der Waals surface area (Å²) >= 11 is 5.02. The molecule has 12 heavy (non-hydrogen) atoms. The predicted octanol–water partition coefficient (Wildman–Crippen LogP) is 2.32. The van der Waals surface area contributed by atoms with Crippen LogP contribution in [0.5, 0.6) is 0 Å². The third kappa shape index (κ3) is 2.64. The molecule has 2 N–H and O–H groups in total. The maximum atomic E-state index is 5.45. The molecule has 0 saturated heterocycles. The molecule has 0 spiro atoms. The van der Waals surface area contributed by atoms with Gasteiger partial charge in [0.05, 0.1) is 4.47 Å². The molecule has 0 aliphatic rings. The minimum absolute atomic E-state index is 0.321. The van der Waals surface area contributed by atoms with E-state index >= 15 is 0 Å². The molecule has 1 aromatic rings. The van der Waals surface area contributed by atoms with Gasteiger partial charge in [0.25, 0.3) is 0 Å². The van der Waals surface area contributed by atoms with E-state index in [9.17, 15) is 0 Å². The molecular formula is C7H10BrN3S. The zero-order chi connectivity index (χ0) is 9.14. The van der Waals surface area contributed by atoms with Crippen molar-refractivity contribution < 1.29 is 0 Å². The third-order valence-electron chi connectivity index (χ3n) is 1.08. The van der Waals surface area contributed by atoms with E-state index in [4.69, 9.17) is 5.73 Å². The molecule has 0 bridgehead atoms. The number of aromatic nitrogens is 2. The van der Waals surface area contributed by atoms with Gasteiger partial charge in [-0.1, -0.05) is 13.8 Å². The Labute approximate surface area is 84.3 Å². The summed E-state index contributed by atoms with van der Waals surface area (Å²) in [6, 6.07) is 0. The van der Waals surface area contributed by atoms with Crippen molar-refractivity contribution in [2.45, 2.75) is 24.1 Å². The van der Waals surface area contributed by atoms with Crippen LogP contribution in [0.3, 0.4) is 0 Å². The fourth-order valence-electron chi connectivity index (χ4n) is 0.670. The van der Waals surface area contributed by atoms with Gasteiger partial charge in [-0.3, -0.25) is 0 Å². The average molecular weight is 248 g/mol. The summed E-state index contributed by atoms with van der Waals surface area (Å²) in [7, 11) is 0. The minimum Gasteiger partial charge on any atom is -0.368 e. The number of rotatable bonds is 2. The summed E-state index contributed by atoms with van der Waals surface area (Å²) in [4.78, 5) is 7.95. The Morgan fingerprint density at radius 1 is 1.58 bits per heavy atom. The fraction of sp³-hybridized carbons (Fsp3) is 0.429. The Morgan fingerprint density at radius 3 is 2.83 bits per heavy atom. The molecule has 0 atom stereocenters. The van der Waals surface area contributed by atoms with Crippen LogP contribution in [0, 0.1) is 0 Å². The lowest BCUT2D eigenvalue weighted by atomic mass is 10.6. The molecule has 5 heteroatoms. The summed E-state index contributed by atoms with van der Waals surface area (Å²) in [5.41, 5.74) is 5.45. The zero-order valence-corrected chi connectivity index (χ0v) is 9.32. The van der Waals surface area contributed by atoms with Crippen molar-refractivity contribution in [2.24, 2.45) is 0 Å². The van der Waals surface area contributed by atoms with Gasteiger partial charge in [0.2, 0.25) is 5.95 Å². The van der Waals surface area contributed by atoms with E-state index in [-0.39, 0.29) is 0 Å². The van der Waals surface area contributed by atoms with Crippen molar-refractivity contribution in [1.29, 1.82) is 0 Å². The SMILES string of the molecule is CC(C)Sc1nc(N)ncc1Br. The number of nitrogen functional groups attached to an aromatic ring is 1. The number of nitrogens with zero attached hydrogens (tertiary/aromatic N) is 2. The van der Waals surface area contributed by atoms with Gasteiger partial charge in [-0.25, -0.2) is 9.97 Å². The number of nitrogens with two attached hydrogens (primary N) is 1. The summed E-state index contributed by atoms with van der Waals surface area (Å²) in [5.74, 6) is 0.321. The highest BCUT2D eigenvalue weighted by Crippen LogP contribution is 2.28. The molecule has 0 amide bonds. The lowest BCUT2D eigenvalue weighted by molar-refractivity contribution is 1.02. The first-order valence-corrected chi connectivity index (χ1v) is 5.21. The number of thioether (sulfide) groups is 1. The van der Waals surface area contributed by atoms with E-state index < -0.39 is 0 Å². The lowest BCUT2D eigenvalue weighted by Crippen LogP contribution is -1.97. The van der Waals surface area contributed by atoms with Gasteiger partial charge in [0.1, 0.15) is 5.03 Å². The molecular weight excluding hydrogens is 238 g/mol. The second kappa shape index (κ2) is 4.09. The smallest absolute Gasteiger partial charge is 0.221 e. The molecule has 0 radical (unpaired) electrons. The van der Waals surface area contributed by atoms with Crippen LogP contribution in [0.25, 0.3) is 0 Å². The van der Waals surface area contributed by atoms with Gasteiger partial charge in [-0.2, -0.15) is 0 Å². The van der Waals surface area contributed by atoms with Crippen molar-refractivity contribution in [3.63, 3.8) is 0 Å². The molecule has 0 aromatic carbocycles. The topological polar surface area (TPSA) is 51.8 Å². The number of anilines is 1. The maximum Gasteiger partial charge on any atom is 0.221 e. The van der Waals surface area contributed by atoms with E-state index in [1.807, 2.05) is 0 Å². The summed E-state index contributed by atoms with van der Waals surface area (Å²) in [5, 5.41) is 1.40. The van der Waals surface area contributed by atoms with Crippen molar-refractivity contribution in [3.8, 4) is 0 Å². The maximum absolute atomic E-state index is 5.45. The molecule has 1 aromatic heterocycles. The van der Waals surface area contributed by atoms with Crippen LogP contribution in [0.2, 0.25) is 0 Å². The molecule has 0 aliphatic heterocycles. The number of hydrogen-bond acceptors (Lipinski definition) is 4. The summed E-state index contributed by atoms with van der Waals surface area (Å²) < 4.78 is 0.899. The van der Waals surface area contributed by atoms with E-state index in [1.54, 1.807) is 18.0 Å². The first-order valence-electron chi connectivity index (χ1n) is 3.54. The van der Waals surface area contributed by atoms with Crippen LogP contribution in [0.15, 0.2) is 15.7 Å². The molecule has 0 unspecified atom stereocenters. The highest BCUT2D eigenvalue weighted by atomic mass is 79.9. The molecule has 1 rings (SSSR count). The van der Waals surface area contributed by atoms with Crippen LogP contribution in [-0.2, 0) is 0 Å². The van der Waals surface area contributed by atoms with Crippen molar-refractivity contribution >= 4 is 33.6 Å². The van der Waals surface area contributed by atoms with Gasteiger partial charge in [-0.05, 0) is 15.9 Å². The third-order valence-corrected chi connectivity index (χ3v) is 2.93. The Morgan fingerprint density at radius 2 is 2.25 bits per heavy atom. The standard InChI is InChI=1S/C7H10BrN3S/c1-4(2)12-6-5(8)3-10-7(9)11-6/h3-4H,1-2H3,(H2,9,10,11). The second-order valence-corrected chi connectivity index (χ2v) is 4.97. The molecule has 0 aliphatic carbocycles. The quantitative estimate of drug-likeness (QED) is 0.644. The van der Waals surface area contributed by atoms with E-state index in [0.29, 0.717) is 11.2 Å². The molecule has 0 fully saturated rings. The van der Waals surface area contributed by atoms with E-state index in [2.05, 4.69) is 39.7 Å². The summed E-state index contributed by atoms with van der Waals surface area (Å²) in [6.07, 6.45) is 1.67. The fourth-order valence-corrected chi connectivity index (χ4v) is 1.90. The molecule has 0 saturated carbocycles. The Balaban J connectivity index is 2.90. The van der Waals surface area contributed by atoms with E-state index in [0.717, 1.165) is 9.50 Å². The summed E-state index contributed by atoms with van der Waals surface area (Å²) in [6.45, 7) is 4.21. The molecule has 3 nitrogen and oxygen atoms in total. The highest BCUT2D eigenvalue weighted by molar-refractivity contribution is 9.10. The Bertz CT molecular complexity index is 277. The number of halogens is 1. The van der Waals surface area contributed by atoms with E-state index in [1.165, 1.54) is 0 Å². The predicted molar refractivity (Wildman–Crippen MR) is 55.1 cm³/mol. The zero-order valence-electron chi connectivity index (χ0n) is 6.91. The van der Waals surface area contributed by atoms with Gasteiger partial charge < -0.3 is 5.73 Å². The Kier molecular flexibility index (Phi) is 3.34. The van der Waals surface area contributed by atoms with Gasteiger partial charge >= 0.3 is 0 Å². The van der Waals surface area contributed by atoms with Crippen molar-refractivity contribution in [3.05, 3.63) is 10.7 Å². The number of hydrogen-bond donors (Lipinski definition) is 1. The van der Waals surface area contributed by atoms with Crippen molar-refractivity contribution in [1.82, 2.24) is 9.97 Å². The first-order chi connectivity index (χ1) is 5.59. The van der Waals surface area contributed by atoms with Crippen molar-refractivity contribution in [2.75, 3.05) is 5.73 Å². The van der Waals surface area contributed by atoms with Crippen LogP contribution in [0.4, 0.5) is 5.95 Å². The van der Waals surface area contributed by atoms with Crippen LogP contribution >= 0.6 is 27.7 Å². The van der Waals surface area contributed by atoms with Gasteiger partial charge in [0, 0.05) is 11.4 Å². The first kappa shape index (κ1) is 9.80. The van der Waals surface area contributed by atoms with Crippen LogP contribution < -0.4 is 5.73 Å². The average Bonchev–Trinajstić information content (AvgIpc) is 1.96. The van der Waals surface area contributed by atoms with Crippen LogP contribution in [-0.4, -0.2) is 15.2 Å². The highest BCUT2D eigenvalue weighted by Gasteiger charge is 2.05. The lowest BCUT2D eigenvalue weighted by Gasteiger charge is -2.05. The second-order valence-electron chi connectivity index (χ2n) is 2.55. The molecule has 66 valence electrons. The van der Waals surface area contributed by atoms with Gasteiger partial charge in [-0.15, -0.1) is 11.8 Å². The monoisotopic (exact) mass is 247 g/mol. The Hall–Kier alpha value is -0.290. The van der Waals surface area contributed by atoms with Crippen LogP contribution in [0.1, 0.15) is 13.8 Å². The van der Waals surface area contributed by atoms with Gasteiger partial charge in [0.15, 0.2) is 0 Å².